The van der Waals surface area contributed by atoms with Crippen LogP contribution in [-0.4, -0.2) is 32.6 Å². The minimum atomic E-state index is -0.722. The summed E-state index contributed by atoms with van der Waals surface area (Å²) in [5.41, 5.74) is 1.54. The van der Waals surface area contributed by atoms with E-state index in [9.17, 15) is 9.59 Å². The standard InChI is InChI=1S/C21H23N5O3/c1-14(22-21(28)17-9-6-12-29-17)20(27)23-16-8-5-7-15(13-16)19-25-24-18-10-3-2-4-11-26(18)19/h5-9,12-14H,2-4,10-11H2,1H3,(H,22,28)(H,23,27). The van der Waals surface area contributed by atoms with Gasteiger partial charge >= 0.3 is 0 Å². The quantitative estimate of drug-likeness (QED) is 0.694. The first-order valence-corrected chi connectivity index (χ1v) is 9.79. The van der Waals surface area contributed by atoms with E-state index in [0.29, 0.717) is 5.69 Å². The second kappa shape index (κ2) is 8.30. The van der Waals surface area contributed by atoms with Crippen molar-refractivity contribution in [3.05, 3.63) is 54.2 Å². The zero-order valence-corrected chi connectivity index (χ0v) is 16.2. The molecule has 0 spiro atoms. The molecule has 4 rings (SSSR count). The molecule has 3 aromatic rings. The Morgan fingerprint density at radius 2 is 2.03 bits per heavy atom. The Kier molecular flexibility index (Phi) is 5.41. The molecule has 8 heteroatoms. The van der Waals surface area contributed by atoms with Crippen LogP contribution in [0.25, 0.3) is 11.4 Å². The number of hydrogen-bond acceptors (Lipinski definition) is 5. The molecular weight excluding hydrogens is 370 g/mol. The number of furan rings is 1. The van der Waals surface area contributed by atoms with Crippen LogP contribution in [0, 0.1) is 0 Å². The molecule has 1 aromatic carbocycles. The maximum Gasteiger partial charge on any atom is 0.287 e. The van der Waals surface area contributed by atoms with Gasteiger partial charge in [0.05, 0.1) is 6.26 Å². The Labute approximate surface area is 168 Å². The molecule has 3 heterocycles. The fourth-order valence-electron chi connectivity index (χ4n) is 3.43. The van der Waals surface area contributed by atoms with Crippen molar-refractivity contribution in [2.24, 2.45) is 0 Å². The van der Waals surface area contributed by atoms with Crippen LogP contribution >= 0.6 is 0 Å². The normalized spacial score (nSPS) is 14.5. The van der Waals surface area contributed by atoms with Crippen LogP contribution < -0.4 is 10.6 Å². The molecule has 1 aliphatic rings. The third kappa shape index (κ3) is 4.21. The van der Waals surface area contributed by atoms with E-state index in [2.05, 4.69) is 25.4 Å². The van der Waals surface area contributed by atoms with Crippen molar-refractivity contribution >= 4 is 17.5 Å². The van der Waals surface area contributed by atoms with Gasteiger partial charge in [-0.25, -0.2) is 0 Å². The summed E-state index contributed by atoms with van der Waals surface area (Å²) in [7, 11) is 0. The van der Waals surface area contributed by atoms with Crippen molar-refractivity contribution in [3.63, 3.8) is 0 Å². The molecule has 2 N–H and O–H groups in total. The van der Waals surface area contributed by atoms with E-state index in [-0.39, 0.29) is 11.7 Å². The molecule has 8 nitrogen and oxygen atoms in total. The Bertz CT molecular complexity index is 1010. The van der Waals surface area contributed by atoms with Crippen LogP contribution in [-0.2, 0) is 17.8 Å². The third-order valence-electron chi connectivity index (χ3n) is 4.98. The smallest absolute Gasteiger partial charge is 0.287 e. The molecule has 0 fully saturated rings. The maximum absolute atomic E-state index is 12.5. The van der Waals surface area contributed by atoms with Gasteiger partial charge < -0.3 is 19.6 Å². The van der Waals surface area contributed by atoms with Gasteiger partial charge in [-0.05, 0) is 44.0 Å². The van der Waals surface area contributed by atoms with Crippen molar-refractivity contribution in [1.29, 1.82) is 0 Å². The van der Waals surface area contributed by atoms with Crippen LogP contribution in [0.5, 0.6) is 0 Å². The van der Waals surface area contributed by atoms with Crippen molar-refractivity contribution in [3.8, 4) is 11.4 Å². The lowest BCUT2D eigenvalue weighted by Crippen LogP contribution is -2.41. The molecule has 2 aromatic heterocycles. The Hall–Kier alpha value is -3.42. The second-order valence-corrected chi connectivity index (χ2v) is 7.14. The van der Waals surface area contributed by atoms with Gasteiger partial charge in [0, 0.05) is 24.2 Å². The van der Waals surface area contributed by atoms with E-state index in [1.54, 1.807) is 19.1 Å². The fourth-order valence-corrected chi connectivity index (χ4v) is 3.43. The molecule has 0 aliphatic carbocycles. The first-order valence-electron chi connectivity index (χ1n) is 9.79. The summed E-state index contributed by atoms with van der Waals surface area (Å²) in [6.45, 7) is 2.53. The number of fused-ring (bicyclic) bond motifs is 1. The highest BCUT2D eigenvalue weighted by Gasteiger charge is 2.19. The van der Waals surface area contributed by atoms with E-state index < -0.39 is 11.9 Å². The van der Waals surface area contributed by atoms with Gasteiger partial charge in [-0.1, -0.05) is 18.6 Å². The van der Waals surface area contributed by atoms with Gasteiger partial charge in [0.25, 0.3) is 5.91 Å². The SMILES string of the molecule is CC(NC(=O)c1ccco1)C(=O)Nc1cccc(-c2nnc3n2CCCCC3)c1. The molecule has 1 aliphatic heterocycles. The number of hydrogen-bond donors (Lipinski definition) is 2. The molecule has 150 valence electrons. The van der Waals surface area contributed by atoms with E-state index in [4.69, 9.17) is 4.42 Å². The lowest BCUT2D eigenvalue weighted by atomic mass is 10.1. The van der Waals surface area contributed by atoms with Crippen molar-refractivity contribution in [2.45, 2.75) is 45.2 Å². The summed E-state index contributed by atoms with van der Waals surface area (Å²) in [4.78, 5) is 24.5. The highest BCUT2D eigenvalue weighted by molar-refractivity contribution is 6.00. The summed E-state index contributed by atoms with van der Waals surface area (Å²) >= 11 is 0. The Morgan fingerprint density at radius 1 is 1.14 bits per heavy atom. The zero-order chi connectivity index (χ0) is 20.2. The van der Waals surface area contributed by atoms with Crippen LogP contribution in [0.2, 0.25) is 0 Å². The molecular formula is C21H23N5O3. The highest BCUT2D eigenvalue weighted by Crippen LogP contribution is 2.25. The number of carbonyl (C=O) groups excluding carboxylic acids is 2. The second-order valence-electron chi connectivity index (χ2n) is 7.14. The van der Waals surface area contributed by atoms with Crippen LogP contribution in [0.3, 0.4) is 0 Å². The number of rotatable bonds is 5. The minimum absolute atomic E-state index is 0.166. The first kappa shape index (κ1) is 18.9. The zero-order valence-electron chi connectivity index (χ0n) is 16.2. The molecule has 1 unspecified atom stereocenters. The van der Waals surface area contributed by atoms with Crippen LogP contribution in [0.4, 0.5) is 5.69 Å². The molecule has 0 saturated heterocycles. The number of amides is 2. The van der Waals surface area contributed by atoms with Gasteiger partial charge in [0.2, 0.25) is 5.91 Å². The van der Waals surface area contributed by atoms with Gasteiger partial charge in [0.1, 0.15) is 11.9 Å². The van der Waals surface area contributed by atoms with Gasteiger partial charge in [-0.2, -0.15) is 0 Å². The molecule has 2 amide bonds. The van der Waals surface area contributed by atoms with E-state index >= 15 is 0 Å². The third-order valence-corrected chi connectivity index (χ3v) is 4.98. The number of nitrogens with one attached hydrogen (secondary N) is 2. The van der Waals surface area contributed by atoms with Crippen LogP contribution in [0.1, 0.15) is 42.6 Å². The Balaban J connectivity index is 1.46. The molecule has 0 saturated carbocycles. The molecule has 0 bridgehead atoms. The summed E-state index contributed by atoms with van der Waals surface area (Å²) in [6.07, 6.45) is 5.80. The molecule has 0 radical (unpaired) electrons. The average molecular weight is 393 g/mol. The number of carbonyl (C=O) groups is 2. The Morgan fingerprint density at radius 3 is 2.86 bits per heavy atom. The van der Waals surface area contributed by atoms with E-state index in [1.165, 1.54) is 12.7 Å². The van der Waals surface area contributed by atoms with E-state index in [1.807, 2.05) is 24.3 Å². The summed E-state index contributed by atoms with van der Waals surface area (Å²) in [6, 6.07) is 9.96. The predicted octanol–water partition coefficient (Wildman–Crippen LogP) is 3.02. The van der Waals surface area contributed by atoms with Gasteiger partial charge in [-0.3, -0.25) is 9.59 Å². The van der Waals surface area contributed by atoms with E-state index in [0.717, 1.165) is 43.0 Å². The number of nitrogens with zero attached hydrogens (tertiary/aromatic N) is 3. The topological polar surface area (TPSA) is 102 Å². The monoisotopic (exact) mass is 393 g/mol. The summed E-state index contributed by atoms with van der Waals surface area (Å²) in [5, 5.41) is 14.2. The number of aromatic nitrogens is 3. The predicted molar refractivity (Wildman–Crippen MR) is 107 cm³/mol. The fraction of sp³-hybridized carbons (Fsp3) is 0.333. The number of anilines is 1. The van der Waals surface area contributed by atoms with Crippen LogP contribution in [0.15, 0.2) is 47.1 Å². The average Bonchev–Trinajstić information content (AvgIpc) is 3.34. The largest absolute Gasteiger partial charge is 0.459 e. The number of aryl methyl sites for hydroxylation is 1. The van der Waals surface area contributed by atoms with Crippen molar-refractivity contribution in [1.82, 2.24) is 20.1 Å². The highest BCUT2D eigenvalue weighted by atomic mass is 16.3. The summed E-state index contributed by atoms with van der Waals surface area (Å²) < 4.78 is 7.21. The molecule has 1 atom stereocenters. The molecule has 29 heavy (non-hydrogen) atoms. The van der Waals surface area contributed by atoms with Gasteiger partial charge in [0.15, 0.2) is 11.6 Å². The van der Waals surface area contributed by atoms with Crippen molar-refractivity contribution < 1.29 is 14.0 Å². The number of benzene rings is 1. The lowest BCUT2D eigenvalue weighted by Gasteiger charge is -2.14. The maximum atomic E-state index is 12.5. The first-order chi connectivity index (χ1) is 14.1. The van der Waals surface area contributed by atoms with Gasteiger partial charge in [-0.15, -0.1) is 10.2 Å². The minimum Gasteiger partial charge on any atom is -0.459 e. The lowest BCUT2D eigenvalue weighted by molar-refractivity contribution is -0.117. The van der Waals surface area contributed by atoms with Crippen molar-refractivity contribution in [2.75, 3.05) is 5.32 Å². The summed E-state index contributed by atoms with van der Waals surface area (Å²) in [5.74, 6) is 1.25.